The van der Waals surface area contributed by atoms with Gasteiger partial charge in [-0.25, -0.2) is 8.42 Å². The number of hydrogen-bond acceptors (Lipinski definition) is 5. The van der Waals surface area contributed by atoms with E-state index in [9.17, 15) is 8.42 Å². The Labute approximate surface area is 184 Å². The van der Waals surface area contributed by atoms with Gasteiger partial charge in [0.25, 0.3) is 0 Å². The number of benzene rings is 2. The Morgan fingerprint density at radius 3 is 2.55 bits per heavy atom. The zero-order valence-electron chi connectivity index (χ0n) is 18.2. The van der Waals surface area contributed by atoms with Crippen molar-refractivity contribution in [3.8, 4) is 0 Å². The maximum Gasteiger partial charge on any atom is 0.232 e. The van der Waals surface area contributed by atoms with E-state index in [1.807, 2.05) is 19.1 Å². The van der Waals surface area contributed by atoms with Gasteiger partial charge < -0.3 is 4.90 Å². The number of anilines is 2. The zero-order valence-corrected chi connectivity index (χ0v) is 19.0. The minimum absolute atomic E-state index is 0.0773. The van der Waals surface area contributed by atoms with Gasteiger partial charge in [-0.15, -0.1) is 0 Å². The van der Waals surface area contributed by atoms with Gasteiger partial charge in [-0.1, -0.05) is 18.2 Å². The highest BCUT2D eigenvalue weighted by Gasteiger charge is 2.19. The van der Waals surface area contributed by atoms with Crippen LogP contribution in [0.4, 0.5) is 11.4 Å². The van der Waals surface area contributed by atoms with E-state index in [-0.39, 0.29) is 5.75 Å². The second-order valence-corrected chi connectivity index (χ2v) is 10.1. The van der Waals surface area contributed by atoms with Gasteiger partial charge in [0, 0.05) is 55.2 Å². The van der Waals surface area contributed by atoms with Gasteiger partial charge in [0.15, 0.2) is 0 Å². The maximum absolute atomic E-state index is 11.8. The minimum Gasteiger partial charge on any atom is -0.368 e. The monoisotopic (exact) mass is 438 g/mol. The number of piperazine rings is 1. The van der Waals surface area contributed by atoms with Gasteiger partial charge in [0.05, 0.1) is 11.3 Å². The third-order valence-electron chi connectivity index (χ3n) is 5.86. The van der Waals surface area contributed by atoms with Crippen LogP contribution < -0.4 is 9.62 Å². The van der Waals surface area contributed by atoms with Crippen LogP contribution in [0.3, 0.4) is 0 Å². The molecule has 1 fully saturated rings. The molecule has 164 valence electrons. The minimum atomic E-state index is -3.25. The summed E-state index contributed by atoms with van der Waals surface area (Å²) in [5, 5.41) is 1.22. The molecule has 0 spiro atoms. The number of sulfonamides is 1. The van der Waals surface area contributed by atoms with Crippen molar-refractivity contribution in [3.05, 3.63) is 65.9 Å². The van der Waals surface area contributed by atoms with Crippen LogP contribution in [0.25, 0.3) is 10.9 Å². The smallest absolute Gasteiger partial charge is 0.232 e. The molecular formula is C24H30N4O2S. The van der Waals surface area contributed by atoms with Crippen LogP contribution in [0.2, 0.25) is 0 Å². The summed E-state index contributed by atoms with van der Waals surface area (Å²) in [5.74, 6) is 0.0773. The third kappa shape index (κ3) is 5.35. The maximum atomic E-state index is 11.8. The fourth-order valence-electron chi connectivity index (χ4n) is 4.06. The summed E-state index contributed by atoms with van der Waals surface area (Å²) in [6.45, 7) is 8.64. The Morgan fingerprint density at radius 1 is 1.00 bits per heavy atom. The second kappa shape index (κ2) is 9.24. The number of rotatable bonds is 7. The lowest BCUT2D eigenvalue weighted by molar-refractivity contribution is 0.261. The van der Waals surface area contributed by atoms with Crippen LogP contribution in [-0.2, 0) is 16.4 Å². The second-order valence-electron chi connectivity index (χ2n) is 8.08. The lowest BCUT2D eigenvalue weighted by Gasteiger charge is -2.36. The first-order valence-corrected chi connectivity index (χ1v) is 12.5. The van der Waals surface area contributed by atoms with E-state index in [4.69, 9.17) is 0 Å². The van der Waals surface area contributed by atoms with Gasteiger partial charge in [-0.3, -0.25) is 14.6 Å². The van der Waals surface area contributed by atoms with Gasteiger partial charge in [0.2, 0.25) is 10.0 Å². The number of aromatic nitrogens is 1. The Morgan fingerprint density at radius 2 is 1.77 bits per heavy atom. The van der Waals surface area contributed by atoms with Gasteiger partial charge >= 0.3 is 0 Å². The van der Waals surface area contributed by atoms with Crippen molar-refractivity contribution in [2.24, 2.45) is 0 Å². The average molecular weight is 439 g/mol. The summed E-state index contributed by atoms with van der Waals surface area (Å²) in [6, 6.07) is 18.3. The van der Waals surface area contributed by atoms with E-state index in [0.717, 1.165) is 55.9 Å². The largest absolute Gasteiger partial charge is 0.368 e. The van der Waals surface area contributed by atoms with Crippen molar-refractivity contribution >= 4 is 32.3 Å². The molecule has 0 bridgehead atoms. The molecule has 2 aromatic carbocycles. The predicted molar refractivity (Wildman–Crippen MR) is 128 cm³/mol. The van der Waals surface area contributed by atoms with E-state index in [1.54, 1.807) is 13.0 Å². The molecule has 0 amide bonds. The number of hydrogen-bond donors (Lipinski definition) is 1. The fourth-order valence-corrected chi connectivity index (χ4v) is 4.69. The molecule has 1 aliphatic heterocycles. The normalized spacial score (nSPS) is 15.4. The van der Waals surface area contributed by atoms with Crippen molar-refractivity contribution < 1.29 is 8.42 Å². The van der Waals surface area contributed by atoms with Crippen LogP contribution in [-0.4, -0.2) is 56.8 Å². The molecule has 2 heterocycles. The average Bonchev–Trinajstić information content (AvgIpc) is 2.77. The van der Waals surface area contributed by atoms with Crippen LogP contribution in [0.5, 0.6) is 0 Å². The van der Waals surface area contributed by atoms with E-state index in [2.05, 4.69) is 55.9 Å². The molecule has 3 aromatic rings. The first kappa shape index (κ1) is 21.6. The highest BCUT2D eigenvalue weighted by atomic mass is 32.2. The molecule has 1 aliphatic rings. The summed E-state index contributed by atoms with van der Waals surface area (Å²) in [4.78, 5) is 9.60. The standard InChI is InChI=1S/C24H30N4O2S/c1-3-31(29,30)26-21-7-4-6-20(18-21)12-13-27-14-16-28(17-15-27)24-9-5-8-23-22(24)11-10-19(2)25-23/h4-11,18,26H,3,12-17H2,1-2H3. The van der Waals surface area contributed by atoms with Gasteiger partial charge in [0.1, 0.15) is 0 Å². The Bertz CT molecular complexity index is 1160. The predicted octanol–water partition coefficient (Wildman–Crippen LogP) is 3.67. The Hall–Kier alpha value is -2.64. The van der Waals surface area contributed by atoms with Crippen LogP contribution >= 0.6 is 0 Å². The Balaban J connectivity index is 1.34. The Kier molecular flexibility index (Phi) is 6.43. The van der Waals surface area contributed by atoms with Crippen molar-refractivity contribution in [3.63, 3.8) is 0 Å². The number of nitrogens with one attached hydrogen (secondary N) is 1. The molecule has 7 heteroatoms. The molecule has 0 aliphatic carbocycles. The summed E-state index contributed by atoms with van der Waals surface area (Å²) in [6.07, 6.45) is 0.902. The summed E-state index contributed by atoms with van der Waals surface area (Å²) in [7, 11) is -3.25. The topological polar surface area (TPSA) is 65.5 Å². The molecule has 1 saturated heterocycles. The highest BCUT2D eigenvalue weighted by Crippen LogP contribution is 2.27. The number of fused-ring (bicyclic) bond motifs is 1. The number of aryl methyl sites for hydroxylation is 1. The first-order chi connectivity index (χ1) is 14.9. The van der Waals surface area contributed by atoms with Crippen molar-refractivity contribution in [2.45, 2.75) is 20.3 Å². The van der Waals surface area contributed by atoms with E-state index < -0.39 is 10.0 Å². The lowest BCUT2D eigenvalue weighted by atomic mass is 10.1. The number of nitrogens with zero attached hydrogens (tertiary/aromatic N) is 3. The quantitative estimate of drug-likeness (QED) is 0.610. The van der Waals surface area contributed by atoms with Crippen LogP contribution in [0.1, 0.15) is 18.2 Å². The van der Waals surface area contributed by atoms with Gasteiger partial charge in [-0.2, -0.15) is 0 Å². The highest BCUT2D eigenvalue weighted by molar-refractivity contribution is 7.92. The molecule has 4 rings (SSSR count). The molecule has 31 heavy (non-hydrogen) atoms. The van der Waals surface area contributed by atoms with Crippen molar-refractivity contribution in [1.82, 2.24) is 9.88 Å². The van der Waals surface area contributed by atoms with E-state index >= 15 is 0 Å². The SMILES string of the molecule is CCS(=O)(=O)Nc1cccc(CCN2CCN(c3cccc4nc(C)ccc34)CC2)c1. The number of pyridine rings is 1. The summed E-state index contributed by atoms with van der Waals surface area (Å²) >= 11 is 0. The first-order valence-electron chi connectivity index (χ1n) is 10.9. The zero-order chi connectivity index (χ0) is 21.8. The summed E-state index contributed by atoms with van der Waals surface area (Å²) < 4.78 is 26.2. The third-order valence-corrected chi connectivity index (χ3v) is 7.16. The van der Waals surface area contributed by atoms with Crippen molar-refractivity contribution in [2.75, 3.05) is 48.1 Å². The molecule has 0 unspecified atom stereocenters. The van der Waals surface area contributed by atoms with Crippen LogP contribution in [0.15, 0.2) is 54.6 Å². The van der Waals surface area contributed by atoms with E-state index in [1.165, 1.54) is 11.1 Å². The van der Waals surface area contributed by atoms with Gasteiger partial charge in [-0.05, 0) is 62.2 Å². The fraction of sp³-hybridized carbons (Fsp3) is 0.375. The molecule has 1 N–H and O–H groups in total. The molecule has 6 nitrogen and oxygen atoms in total. The molecule has 0 saturated carbocycles. The summed E-state index contributed by atoms with van der Waals surface area (Å²) in [5.41, 5.74) is 5.15. The van der Waals surface area contributed by atoms with Crippen LogP contribution in [0, 0.1) is 6.92 Å². The molecule has 1 aromatic heterocycles. The molecular weight excluding hydrogens is 408 g/mol. The van der Waals surface area contributed by atoms with Crippen molar-refractivity contribution in [1.29, 1.82) is 0 Å². The lowest BCUT2D eigenvalue weighted by Crippen LogP contribution is -2.47. The molecule has 0 radical (unpaired) electrons. The molecule has 0 atom stereocenters. The van der Waals surface area contributed by atoms with E-state index in [0.29, 0.717) is 5.69 Å².